The number of aryl methyl sites for hydroxylation is 1. The van der Waals surface area contributed by atoms with E-state index in [-0.39, 0.29) is 11.0 Å². The number of halogens is 1. The maximum absolute atomic E-state index is 14.1. The predicted octanol–water partition coefficient (Wildman–Crippen LogP) is 5.38. The van der Waals surface area contributed by atoms with Crippen molar-refractivity contribution in [2.24, 2.45) is 5.41 Å². The summed E-state index contributed by atoms with van der Waals surface area (Å²) in [6, 6.07) is 16.8. The third kappa shape index (κ3) is 3.02. The molecule has 1 heterocycles. The Morgan fingerprint density at radius 3 is 2.75 bits per heavy atom. The number of nitriles is 1. The molecule has 2 atom stereocenters. The number of fused-ring (bicyclic) bond motifs is 2. The van der Waals surface area contributed by atoms with Crippen LogP contribution in [0.5, 0.6) is 0 Å². The van der Waals surface area contributed by atoms with E-state index < -0.39 is 11.4 Å². The number of aliphatic hydroxyl groups is 1. The van der Waals surface area contributed by atoms with Gasteiger partial charge in [0.15, 0.2) is 0 Å². The van der Waals surface area contributed by atoms with E-state index in [9.17, 15) is 14.8 Å². The zero-order valence-electron chi connectivity index (χ0n) is 18.2. The van der Waals surface area contributed by atoms with Gasteiger partial charge in [-0.2, -0.15) is 10.4 Å². The van der Waals surface area contributed by atoms with Gasteiger partial charge in [-0.25, -0.2) is 9.07 Å². The second-order valence-corrected chi connectivity index (χ2v) is 9.00. The largest absolute Gasteiger partial charge is 0.389 e. The molecule has 4 nitrogen and oxygen atoms in total. The Morgan fingerprint density at radius 2 is 2.00 bits per heavy atom. The average Bonchev–Trinajstić information content (AvgIpc) is 3.35. The van der Waals surface area contributed by atoms with Gasteiger partial charge in [-0.05, 0) is 73.9 Å². The SMILES string of the molecule is CC[C@]12Cc3cnn(-c4ccccc4)c3C=C1CC[C@@]2(O)CCc1cccc(F)c1C#N. The molecule has 1 N–H and O–H groups in total. The highest BCUT2D eigenvalue weighted by Crippen LogP contribution is 2.59. The Labute approximate surface area is 187 Å². The molecule has 2 aliphatic carbocycles. The molecule has 0 radical (unpaired) electrons. The Balaban J connectivity index is 1.48. The normalized spacial score (nSPS) is 23.9. The Kier molecular flexibility index (Phi) is 4.98. The molecule has 0 aliphatic heterocycles. The van der Waals surface area contributed by atoms with Crippen molar-refractivity contribution in [2.75, 3.05) is 0 Å². The first-order valence-corrected chi connectivity index (χ1v) is 11.2. The van der Waals surface area contributed by atoms with Crippen LogP contribution in [-0.4, -0.2) is 20.5 Å². The van der Waals surface area contributed by atoms with Crippen LogP contribution in [0.2, 0.25) is 0 Å². The van der Waals surface area contributed by atoms with Crippen molar-refractivity contribution in [1.82, 2.24) is 9.78 Å². The molecule has 0 spiro atoms. The zero-order valence-corrected chi connectivity index (χ0v) is 18.2. The molecule has 5 heteroatoms. The number of nitrogens with zero attached hydrogens (tertiary/aromatic N) is 3. The predicted molar refractivity (Wildman–Crippen MR) is 122 cm³/mol. The van der Waals surface area contributed by atoms with Crippen molar-refractivity contribution >= 4 is 6.08 Å². The third-order valence-corrected chi connectivity index (χ3v) is 7.63. The fraction of sp³-hybridized carbons (Fsp3) is 0.333. The average molecular weight is 428 g/mol. The summed E-state index contributed by atoms with van der Waals surface area (Å²) in [6.45, 7) is 2.14. The number of aromatic nitrogens is 2. The quantitative estimate of drug-likeness (QED) is 0.595. The van der Waals surface area contributed by atoms with Gasteiger partial charge in [-0.15, -0.1) is 0 Å². The molecule has 1 fully saturated rings. The Morgan fingerprint density at radius 1 is 1.19 bits per heavy atom. The van der Waals surface area contributed by atoms with Crippen LogP contribution in [0.1, 0.15) is 55.0 Å². The van der Waals surface area contributed by atoms with Crippen LogP contribution in [0.25, 0.3) is 11.8 Å². The zero-order chi connectivity index (χ0) is 22.3. The second kappa shape index (κ2) is 7.72. The molecule has 1 aromatic heterocycles. The highest BCUT2D eigenvalue weighted by Gasteiger charge is 2.56. The van der Waals surface area contributed by atoms with Crippen molar-refractivity contribution < 1.29 is 9.50 Å². The van der Waals surface area contributed by atoms with Gasteiger partial charge in [0.25, 0.3) is 0 Å². The second-order valence-electron chi connectivity index (χ2n) is 9.00. The van der Waals surface area contributed by atoms with Gasteiger partial charge in [-0.3, -0.25) is 0 Å². The minimum absolute atomic E-state index is 0.0884. The molecule has 2 aromatic carbocycles. The van der Waals surface area contributed by atoms with Crippen LogP contribution in [0, 0.1) is 22.6 Å². The molecule has 1 saturated carbocycles. The number of hydrogen-bond donors (Lipinski definition) is 1. The van der Waals surface area contributed by atoms with Crippen molar-refractivity contribution in [1.29, 1.82) is 5.26 Å². The Bertz CT molecular complexity index is 1240. The van der Waals surface area contributed by atoms with Crippen molar-refractivity contribution in [3.63, 3.8) is 0 Å². The summed E-state index contributed by atoms with van der Waals surface area (Å²) in [7, 11) is 0. The molecule has 32 heavy (non-hydrogen) atoms. The molecular weight excluding hydrogens is 401 g/mol. The smallest absolute Gasteiger partial charge is 0.141 e. The summed E-state index contributed by atoms with van der Waals surface area (Å²) >= 11 is 0. The lowest BCUT2D eigenvalue weighted by Gasteiger charge is -2.45. The maximum Gasteiger partial charge on any atom is 0.141 e. The van der Waals surface area contributed by atoms with Gasteiger partial charge >= 0.3 is 0 Å². The van der Waals surface area contributed by atoms with Crippen LogP contribution < -0.4 is 0 Å². The monoisotopic (exact) mass is 427 g/mol. The fourth-order valence-corrected chi connectivity index (χ4v) is 5.84. The molecule has 3 aromatic rings. The first-order valence-electron chi connectivity index (χ1n) is 11.2. The van der Waals surface area contributed by atoms with E-state index in [0.717, 1.165) is 36.2 Å². The third-order valence-electron chi connectivity index (χ3n) is 7.63. The molecule has 0 bridgehead atoms. The molecule has 5 rings (SSSR count). The van der Waals surface area contributed by atoms with E-state index in [1.165, 1.54) is 11.6 Å². The summed E-state index contributed by atoms with van der Waals surface area (Å²) in [4.78, 5) is 0. The van der Waals surface area contributed by atoms with E-state index in [2.05, 4.69) is 18.1 Å². The van der Waals surface area contributed by atoms with E-state index in [1.54, 1.807) is 12.1 Å². The first kappa shape index (κ1) is 20.7. The van der Waals surface area contributed by atoms with Crippen LogP contribution in [-0.2, 0) is 12.8 Å². The van der Waals surface area contributed by atoms with Gasteiger partial charge < -0.3 is 5.11 Å². The summed E-state index contributed by atoms with van der Waals surface area (Å²) in [6.07, 6.45) is 8.18. The molecule has 0 unspecified atom stereocenters. The van der Waals surface area contributed by atoms with Crippen molar-refractivity contribution in [3.8, 4) is 11.8 Å². The highest BCUT2D eigenvalue weighted by molar-refractivity contribution is 5.63. The van der Waals surface area contributed by atoms with Crippen molar-refractivity contribution in [2.45, 2.75) is 51.0 Å². The van der Waals surface area contributed by atoms with Gasteiger partial charge in [0, 0.05) is 5.41 Å². The summed E-state index contributed by atoms with van der Waals surface area (Å²) in [5.41, 5.74) is 4.03. The van der Waals surface area contributed by atoms with Crippen molar-refractivity contribution in [3.05, 3.63) is 88.5 Å². The lowest BCUT2D eigenvalue weighted by molar-refractivity contribution is -0.0569. The molecular formula is C27H26FN3O. The standard InChI is InChI=1S/C27H26FN3O/c1-2-26-16-20-18-30-31(22-8-4-3-5-9-22)25(20)15-21(26)12-14-27(26,32)13-11-19-7-6-10-24(28)23(19)17-29/h3-10,15,18,32H,2,11-14,16H2,1H3/t26-,27-/m0/s1. The molecule has 162 valence electrons. The van der Waals surface area contributed by atoms with E-state index in [0.29, 0.717) is 24.8 Å². The van der Waals surface area contributed by atoms with Crippen LogP contribution in [0.3, 0.4) is 0 Å². The van der Waals surface area contributed by atoms with Crippen LogP contribution in [0.15, 0.2) is 60.3 Å². The van der Waals surface area contributed by atoms with Gasteiger partial charge in [0.05, 0.1) is 28.7 Å². The lowest BCUT2D eigenvalue weighted by atomic mass is 9.63. The summed E-state index contributed by atoms with van der Waals surface area (Å²) < 4.78 is 16.0. The molecule has 0 saturated heterocycles. The van der Waals surface area contributed by atoms with Crippen LogP contribution in [0.4, 0.5) is 4.39 Å². The van der Waals surface area contributed by atoms with Gasteiger partial charge in [-0.1, -0.05) is 42.8 Å². The van der Waals surface area contributed by atoms with Crippen LogP contribution >= 0.6 is 0 Å². The number of benzene rings is 2. The van der Waals surface area contributed by atoms with Gasteiger partial charge in [0.1, 0.15) is 11.9 Å². The number of para-hydroxylation sites is 1. The maximum atomic E-state index is 14.1. The number of hydrogen-bond acceptors (Lipinski definition) is 3. The summed E-state index contributed by atoms with van der Waals surface area (Å²) in [5.74, 6) is -0.496. The van der Waals surface area contributed by atoms with Gasteiger partial charge in [0.2, 0.25) is 0 Å². The fourth-order valence-electron chi connectivity index (χ4n) is 5.84. The molecule has 2 aliphatic rings. The first-order chi connectivity index (χ1) is 15.5. The van der Waals surface area contributed by atoms with E-state index in [4.69, 9.17) is 0 Å². The highest BCUT2D eigenvalue weighted by atomic mass is 19.1. The lowest BCUT2D eigenvalue weighted by Crippen LogP contribution is -2.47. The minimum Gasteiger partial charge on any atom is -0.389 e. The summed E-state index contributed by atoms with van der Waals surface area (Å²) in [5, 5.41) is 26.0. The van der Waals surface area contributed by atoms with E-state index >= 15 is 0 Å². The Hall–Kier alpha value is -3.23. The topological polar surface area (TPSA) is 61.8 Å². The number of rotatable bonds is 5. The minimum atomic E-state index is -0.904. The van der Waals surface area contributed by atoms with E-state index in [1.807, 2.05) is 47.3 Å². The molecule has 0 amide bonds.